The van der Waals surface area contributed by atoms with Crippen molar-refractivity contribution < 1.29 is 33.2 Å². The number of para-hydroxylation sites is 2. The SMILES string of the molecule is COc1ccccc1NC(=O)[C@@H]1O[C@H]2OC(C)(C)O[C@@H]2[C@@H]2OC(C)(C)O[C@@H]21. The van der Waals surface area contributed by atoms with Gasteiger partial charge in [0.05, 0.1) is 12.8 Å². The van der Waals surface area contributed by atoms with Gasteiger partial charge in [-0.05, 0) is 39.8 Å². The topological polar surface area (TPSA) is 84.5 Å². The van der Waals surface area contributed by atoms with Crippen LogP contribution in [0.25, 0.3) is 0 Å². The summed E-state index contributed by atoms with van der Waals surface area (Å²) in [5.41, 5.74) is 0.550. The van der Waals surface area contributed by atoms with Gasteiger partial charge in [0.15, 0.2) is 24.0 Å². The van der Waals surface area contributed by atoms with Crippen LogP contribution < -0.4 is 10.1 Å². The molecule has 5 atom stereocenters. The number of amides is 1. The Morgan fingerprint density at radius 2 is 1.59 bits per heavy atom. The fraction of sp³-hybridized carbons (Fsp3) is 0.632. The zero-order valence-corrected chi connectivity index (χ0v) is 16.1. The number of rotatable bonds is 3. The number of anilines is 1. The number of ether oxygens (including phenoxy) is 6. The van der Waals surface area contributed by atoms with Gasteiger partial charge >= 0.3 is 0 Å². The number of fused-ring (bicyclic) bond motifs is 3. The summed E-state index contributed by atoms with van der Waals surface area (Å²) >= 11 is 0. The van der Waals surface area contributed by atoms with Crippen molar-refractivity contribution in [2.24, 2.45) is 0 Å². The standard InChI is InChI=1S/C19H25NO7/c1-18(2)24-12-13(25-18)15-17(27-19(3,4)26-15)23-14(12)16(21)20-10-8-6-7-9-11(10)22-5/h6-9,12-15,17H,1-5H3,(H,20,21)/t12-,13+,14+,15+,17-/m0/s1. The van der Waals surface area contributed by atoms with Gasteiger partial charge in [-0.2, -0.15) is 0 Å². The number of carbonyl (C=O) groups excluding carboxylic acids is 1. The molecule has 27 heavy (non-hydrogen) atoms. The quantitative estimate of drug-likeness (QED) is 0.860. The van der Waals surface area contributed by atoms with Crippen LogP contribution in [0.2, 0.25) is 0 Å². The summed E-state index contributed by atoms with van der Waals surface area (Å²) in [6, 6.07) is 7.17. The molecule has 1 N–H and O–H groups in total. The number of benzene rings is 1. The van der Waals surface area contributed by atoms with Crippen molar-refractivity contribution in [3.63, 3.8) is 0 Å². The smallest absolute Gasteiger partial charge is 0.256 e. The maximum Gasteiger partial charge on any atom is 0.256 e. The molecule has 1 aromatic carbocycles. The van der Waals surface area contributed by atoms with Gasteiger partial charge in [-0.1, -0.05) is 12.1 Å². The van der Waals surface area contributed by atoms with Crippen LogP contribution in [0, 0.1) is 0 Å². The van der Waals surface area contributed by atoms with Crippen LogP contribution in [0.3, 0.4) is 0 Å². The predicted octanol–water partition coefficient (Wildman–Crippen LogP) is 2.03. The lowest BCUT2D eigenvalue weighted by atomic mass is 9.98. The van der Waals surface area contributed by atoms with Crippen LogP contribution in [-0.2, 0) is 28.5 Å². The number of carbonyl (C=O) groups is 1. The molecule has 1 amide bonds. The van der Waals surface area contributed by atoms with Crippen LogP contribution >= 0.6 is 0 Å². The molecule has 3 fully saturated rings. The fourth-order valence-electron chi connectivity index (χ4n) is 3.78. The molecular formula is C19H25NO7. The molecule has 1 aromatic rings. The molecule has 148 valence electrons. The van der Waals surface area contributed by atoms with Gasteiger partial charge in [-0.25, -0.2) is 0 Å². The van der Waals surface area contributed by atoms with Gasteiger partial charge in [0.2, 0.25) is 0 Å². The third-order valence-corrected chi connectivity index (χ3v) is 4.78. The molecule has 3 saturated heterocycles. The highest BCUT2D eigenvalue weighted by atomic mass is 16.9. The van der Waals surface area contributed by atoms with Gasteiger partial charge in [-0.3, -0.25) is 4.79 Å². The van der Waals surface area contributed by atoms with Crippen molar-refractivity contribution in [2.45, 2.75) is 70.0 Å². The third kappa shape index (κ3) is 3.43. The number of nitrogens with one attached hydrogen (secondary N) is 1. The third-order valence-electron chi connectivity index (χ3n) is 4.78. The molecule has 0 saturated carbocycles. The van der Waals surface area contributed by atoms with Gasteiger partial charge in [0.1, 0.15) is 24.1 Å². The summed E-state index contributed by atoms with van der Waals surface area (Å²) in [7, 11) is 1.55. The van der Waals surface area contributed by atoms with Crippen LogP contribution in [0.15, 0.2) is 24.3 Å². The molecule has 8 heteroatoms. The van der Waals surface area contributed by atoms with Crippen LogP contribution in [0.4, 0.5) is 5.69 Å². The monoisotopic (exact) mass is 379 g/mol. The molecule has 0 radical (unpaired) electrons. The van der Waals surface area contributed by atoms with Crippen molar-refractivity contribution in [2.75, 3.05) is 12.4 Å². The summed E-state index contributed by atoms with van der Waals surface area (Å²) in [5, 5.41) is 2.85. The largest absolute Gasteiger partial charge is 0.495 e. The first kappa shape index (κ1) is 18.6. The summed E-state index contributed by atoms with van der Waals surface area (Å²) in [6.07, 6.45) is -3.20. The lowest BCUT2D eigenvalue weighted by molar-refractivity contribution is -0.229. The Bertz CT molecular complexity index is 735. The van der Waals surface area contributed by atoms with Crippen LogP contribution in [0.5, 0.6) is 5.75 Å². The van der Waals surface area contributed by atoms with E-state index in [9.17, 15) is 4.79 Å². The zero-order chi connectivity index (χ0) is 19.4. The van der Waals surface area contributed by atoms with E-state index in [4.69, 9.17) is 28.4 Å². The Balaban J connectivity index is 1.59. The first-order valence-electron chi connectivity index (χ1n) is 9.00. The van der Waals surface area contributed by atoms with E-state index in [-0.39, 0.29) is 5.91 Å². The summed E-state index contributed by atoms with van der Waals surface area (Å²) in [6.45, 7) is 7.20. The van der Waals surface area contributed by atoms with Gasteiger partial charge in [-0.15, -0.1) is 0 Å². The summed E-state index contributed by atoms with van der Waals surface area (Å²) in [5.74, 6) is -1.49. The van der Waals surface area contributed by atoms with Crippen molar-refractivity contribution in [3.05, 3.63) is 24.3 Å². The highest BCUT2D eigenvalue weighted by Gasteiger charge is 2.62. The lowest BCUT2D eigenvalue weighted by Gasteiger charge is -2.36. The van der Waals surface area contributed by atoms with Crippen LogP contribution in [-0.4, -0.2) is 55.3 Å². The first-order chi connectivity index (χ1) is 12.7. The molecule has 3 aliphatic heterocycles. The summed E-state index contributed by atoms with van der Waals surface area (Å²) < 4.78 is 35.0. The second-order valence-corrected chi connectivity index (χ2v) is 7.78. The number of hydrogen-bond acceptors (Lipinski definition) is 7. The van der Waals surface area contributed by atoms with E-state index in [0.717, 1.165) is 0 Å². The van der Waals surface area contributed by atoms with Gasteiger partial charge < -0.3 is 33.7 Å². The molecular weight excluding hydrogens is 354 g/mol. The second kappa shape index (κ2) is 6.42. The molecule has 0 unspecified atom stereocenters. The maximum atomic E-state index is 13.0. The van der Waals surface area contributed by atoms with E-state index in [1.807, 2.05) is 12.1 Å². The minimum Gasteiger partial charge on any atom is -0.495 e. The lowest BCUT2D eigenvalue weighted by Crippen LogP contribution is -2.58. The zero-order valence-electron chi connectivity index (χ0n) is 16.1. The molecule has 0 spiro atoms. The molecule has 3 aliphatic rings. The minimum atomic E-state index is -0.916. The van der Waals surface area contributed by atoms with E-state index < -0.39 is 42.3 Å². The first-order valence-corrected chi connectivity index (χ1v) is 9.00. The van der Waals surface area contributed by atoms with Crippen molar-refractivity contribution in [3.8, 4) is 5.75 Å². The number of methoxy groups -OCH3 is 1. The number of hydrogen-bond donors (Lipinski definition) is 1. The highest BCUT2D eigenvalue weighted by molar-refractivity contribution is 5.96. The normalized spacial score (nSPS) is 36.0. The van der Waals surface area contributed by atoms with Crippen molar-refractivity contribution in [1.82, 2.24) is 0 Å². The predicted molar refractivity (Wildman–Crippen MR) is 94.1 cm³/mol. The Labute approximate surface area is 158 Å². The Hall–Kier alpha value is -1.71. The molecule has 8 nitrogen and oxygen atoms in total. The molecule has 0 bridgehead atoms. The van der Waals surface area contributed by atoms with Crippen molar-refractivity contribution >= 4 is 11.6 Å². The van der Waals surface area contributed by atoms with Crippen molar-refractivity contribution in [1.29, 1.82) is 0 Å². The molecule has 4 rings (SSSR count). The summed E-state index contributed by atoms with van der Waals surface area (Å²) in [4.78, 5) is 13.0. The highest BCUT2D eigenvalue weighted by Crippen LogP contribution is 2.44. The Kier molecular flexibility index (Phi) is 4.44. The minimum absolute atomic E-state index is 0.359. The van der Waals surface area contributed by atoms with Gasteiger partial charge in [0.25, 0.3) is 5.91 Å². The Morgan fingerprint density at radius 3 is 2.33 bits per heavy atom. The van der Waals surface area contributed by atoms with E-state index in [1.54, 1.807) is 46.9 Å². The molecule has 0 aromatic heterocycles. The molecule has 0 aliphatic carbocycles. The van der Waals surface area contributed by atoms with E-state index in [0.29, 0.717) is 11.4 Å². The average molecular weight is 379 g/mol. The molecule has 3 heterocycles. The average Bonchev–Trinajstić information content (AvgIpc) is 3.08. The Morgan fingerprint density at radius 1 is 0.963 bits per heavy atom. The maximum absolute atomic E-state index is 13.0. The van der Waals surface area contributed by atoms with E-state index in [2.05, 4.69) is 5.32 Å². The fourth-order valence-corrected chi connectivity index (χ4v) is 3.78. The van der Waals surface area contributed by atoms with Gasteiger partial charge in [0, 0.05) is 0 Å². The second-order valence-electron chi connectivity index (χ2n) is 7.78. The van der Waals surface area contributed by atoms with Crippen LogP contribution in [0.1, 0.15) is 27.7 Å². The van der Waals surface area contributed by atoms with E-state index in [1.165, 1.54) is 0 Å². The van der Waals surface area contributed by atoms with E-state index >= 15 is 0 Å².